The van der Waals surface area contributed by atoms with E-state index in [1.807, 2.05) is 18.7 Å². The molecule has 1 amide bonds. The van der Waals surface area contributed by atoms with E-state index in [1.54, 1.807) is 0 Å². The Balaban J connectivity index is 0.00000200. The van der Waals surface area contributed by atoms with E-state index in [4.69, 9.17) is 4.74 Å². The Bertz CT molecular complexity index is 329. The zero-order valence-electron chi connectivity index (χ0n) is 12.9. The fraction of sp³-hybridized carbons (Fsp3) is 0.923. The highest BCUT2D eigenvalue weighted by Crippen LogP contribution is 2.31. The van der Waals surface area contributed by atoms with Crippen LogP contribution in [-0.4, -0.2) is 73.8 Å². The molecule has 126 valence electrons. The molecule has 1 unspecified atom stereocenters. The second-order valence-corrected chi connectivity index (χ2v) is 6.75. The van der Waals surface area contributed by atoms with Gasteiger partial charge >= 0.3 is 0 Å². The molecule has 3 atom stereocenters. The smallest absolute Gasteiger partial charge is 0.239 e. The Morgan fingerprint density at radius 3 is 2.71 bits per heavy atom. The van der Waals surface area contributed by atoms with Crippen LogP contribution in [-0.2, 0) is 9.53 Å². The van der Waals surface area contributed by atoms with E-state index in [0.717, 1.165) is 25.3 Å². The molecular weight excluding hydrogens is 333 g/mol. The van der Waals surface area contributed by atoms with Crippen molar-refractivity contribution in [1.29, 1.82) is 0 Å². The van der Waals surface area contributed by atoms with Gasteiger partial charge in [0, 0.05) is 24.4 Å². The first-order valence-corrected chi connectivity index (χ1v) is 8.08. The van der Waals surface area contributed by atoms with Gasteiger partial charge in [0.05, 0.1) is 12.7 Å². The molecule has 2 fully saturated rings. The molecule has 8 heteroatoms. The number of morpholine rings is 1. The summed E-state index contributed by atoms with van der Waals surface area (Å²) in [5.74, 6) is 2.32. The van der Waals surface area contributed by atoms with Gasteiger partial charge in [0.1, 0.15) is 6.04 Å². The van der Waals surface area contributed by atoms with Gasteiger partial charge in [0.25, 0.3) is 0 Å². The number of nitrogens with one attached hydrogen (secondary N) is 2. The maximum absolute atomic E-state index is 12.3. The third-order valence-corrected chi connectivity index (χ3v) is 5.46. The molecule has 21 heavy (non-hydrogen) atoms. The average Bonchev–Trinajstić information content (AvgIpc) is 2.86. The van der Waals surface area contributed by atoms with Crippen molar-refractivity contribution in [2.75, 3.05) is 45.3 Å². The molecular formula is C13H27Cl2N3O2S. The van der Waals surface area contributed by atoms with Crippen molar-refractivity contribution in [1.82, 2.24) is 15.5 Å². The zero-order chi connectivity index (χ0) is 13.9. The Morgan fingerprint density at radius 1 is 1.48 bits per heavy atom. The predicted octanol–water partition coefficient (Wildman–Crippen LogP) is 0.760. The number of amides is 1. The van der Waals surface area contributed by atoms with E-state index in [0.29, 0.717) is 6.61 Å². The van der Waals surface area contributed by atoms with Crippen molar-refractivity contribution in [3.05, 3.63) is 0 Å². The van der Waals surface area contributed by atoms with Crippen molar-refractivity contribution >= 4 is 42.5 Å². The lowest BCUT2D eigenvalue weighted by Gasteiger charge is -2.37. The molecule has 2 heterocycles. The van der Waals surface area contributed by atoms with Gasteiger partial charge in [-0.15, -0.1) is 24.8 Å². The van der Waals surface area contributed by atoms with Crippen LogP contribution in [0.3, 0.4) is 0 Å². The first-order valence-electron chi connectivity index (χ1n) is 6.93. The van der Waals surface area contributed by atoms with Crippen LogP contribution in [0.4, 0.5) is 0 Å². The minimum Gasteiger partial charge on any atom is -0.375 e. The molecule has 0 aromatic carbocycles. The maximum Gasteiger partial charge on any atom is 0.239 e. The van der Waals surface area contributed by atoms with Crippen molar-refractivity contribution in [2.24, 2.45) is 0 Å². The quantitative estimate of drug-likeness (QED) is 0.775. The highest BCUT2D eigenvalue weighted by molar-refractivity contribution is 7.99. The summed E-state index contributed by atoms with van der Waals surface area (Å²) >= 11 is 1.96. The first kappa shape index (κ1) is 21.3. The predicted molar refractivity (Wildman–Crippen MR) is 93.1 cm³/mol. The van der Waals surface area contributed by atoms with E-state index in [9.17, 15) is 4.79 Å². The molecule has 0 bridgehead atoms. The third-order valence-electron chi connectivity index (χ3n) is 4.22. The zero-order valence-corrected chi connectivity index (χ0v) is 15.3. The third kappa shape index (κ3) is 5.15. The molecule has 2 saturated heterocycles. The highest BCUT2D eigenvalue weighted by Gasteiger charge is 2.38. The van der Waals surface area contributed by atoms with Crippen molar-refractivity contribution < 1.29 is 9.53 Å². The molecule has 5 nitrogen and oxygen atoms in total. The van der Waals surface area contributed by atoms with Crippen molar-refractivity contribution in [2.45, 2.75) is 31.0 Å². The van der Waals surface area contributed by atoms with E-state index in [-0.39, 0.29) is 48.4 Å². The molecule has 2 aliphatic heterocycles. The number of halogens is 2. The molecule has 0 aliphatic carbocycles. The Labute approximate surface area is 144 Å². The minimum absolute atomic E-state index is 0. The average molecular weight is 360 g/mol. The number of hydrogen-bond donors (Lipinski definition) is 2. The number of rotatable bonds is 4. The largest absolute Gasteiger partial charge is 0.375 e. The van der Waals surface area contributed by atoms with Crippen LogP contribution in [0.15, 0.2) is 0 Å². The molecule has 0 saturated carbocycles. The molecule has 2 N–H and O–H groups in total. The molecule has 2 rings (SSSR count). The summed E-state index contributed by atoms with van der Waals surface area (Å²) in [6.07, 6.45) is 1.08. The van der Waals surface area contributed by atoms with E-state index < -0.39 is 0 Å². The number of carbonyl (C=O) groups excluding carboxylic acids is 1. The van der Waals surface area contributed by atoms with Crippen LogP contribution in [0.1, 0.15) is 13.3 Å². The lowest BCUT2D eigenvalue weighted by molar-refractivity contribution is -0.129. The van der Waals surface area contributed by atoms with Gasteiger partial charge in [-0.25, -0.2) is 0 Å². The summed E-state index contributed by atoms with van der Waals surface area (Å²) in [5.41, 5.74) is 0.110. The van der Waals surface area contributed by atoms with Crippen LogP contribution in [0.25, 0.3) is 0 Å². The van der Waals surface area contributed by atoms with Crippen LogP contribution < -0.4 is 10.6 Å². The number of thioether (sulfide) groups is 1. The van der Waals surface area contributed by atoms with E-state index in [1.165, 1.54) is 5.75 Å². The molecule has 0 spiro atoms. The summed E-state index contributed by atoms with van der Waals surface area (Å²) in [5, 5.41) is 6.34. The summed E-state index contributed by atoms with van der Waals surface area (Å²) in [4.78, 5) is 14.5. The van der Waals surface area contributed by atoms with E-state index >= 15 is 0 Å². The summed E-state index contributed by atoms with van der Waals surface area (Å²) in [6, 6.07) is -0.220. The lowest BCUT2D eigenvalue weighted by atomic mass is 9.97. The lowest BCUT2D eigenvalue weighted by Crippen LogP contribution is -2.59. The van der Waals surface area contributed by atoms with Crippen LogP contribution in [0.5, 0.6) is 0 Å². The molecule has 0 radical (unpaired) electrons. The molecule has 0 aromatic rings. The van der Waals surface area contributed by atoms with E-state index in [2.05, 4.69) is 29.6 Å². The van der Waals surface area contributed by atoms with Gasteiger partial charge in [-0.1, -0.05) is 0 Å². The van der Waals surface area contributed by atoms with Crippen LogP contribution >= 0.6 is 36.6 Å². The number of carbonyl (C=O) groups is 1. The maximum atomic E-state index is 12.3. The topological polar surface area (TPSA) is 53.6 Å². The van der Waals surface area contributed by atoms with Crippen LogP contribution in [0, 0.1) is 0 Å². The summed E-state index contributed by atoms with van der Waals surface area (Å²) in [6.45, 7) is 4.10. The second kappa shape index (κ2) is 9.43. The van der Waals surface area contributed by atoms with Crippen molar-refractivity contribution in [3.63, 3.8) is 0 Å². The summed E-state index contributed by atoms with van der Waals surface area (Å²) < 4.78 is 5.52. The van der Waals surface area contributed by atoms with Crippen molar-refractivity contribution in [3.8, 4) is 0 Å². The van der Waals surface area contributed by atoms with Gasteiger partial charge in [-0.05, 0) is 33.2 Å². The molecule has 0 aromatic heterocycles. The monoisotopic (exact) mass is 359 g/mol. The van der Waals surface area contributed by atoms with Gasteiger partial charge in [0.2, 0.25) is 5.91 Å². The summed E-state index contributed by atoms with van der Waals surface area (Å²) in [7, 11) is 4.20. The highest BCUT2D eigenvalue weighted by atomic mass is 35.5. The fourth-order valence-corrected chi connectivity index (χ4v) is 4.19. The number of ether oxygens (including phenoxy) is 1. The molecule has 2 aliphatic rings. The normalized spacial score (nSPS) is 32.2. The number of nitrogens with zero attached hydrogens (tertiary/aromatic N) is 1. The number of hydrogen-bond acceptors (Lipinski definition) is 5. The van der Waals surface area contributed by atoms with Gasteiger partial charge in [0.15, 0.2) is 0 Å². The van der Waals surface area contributed by atoms with Gasteiger partial charge in [-0.3, -0.25) is 4.79 Å². The fourth-order valence-electron chi connectivity index (χ4n) is 2.64. The second-order valence-electron chi connectivity index (χ2n) is 5.65. The standard InChI is InChI=1S/C13H25N3O2S.2ClH/c1-10-11(14-5-6-18-10)12(17)15-8-13(16(2)3)4-7-19-9-13;;/h10-11,14H,4-9H2,1-3H3,(H,15,17);2*1H/t10-,11+,13?;;/m1../s1. The first-order chi connectivity index (χ1) is 9.05. The number of likely N-dealkylation sites (N-methyl/N-ethyl adjacent to an activating group) is 1. The van der Waals surface area contributed by atoms with Gasteiger partial charge in [-0.2, -0.15) is 11.8 Å². The Hall–Kier alpha value is 0.280. The SMILES string of the molecule is C[C@H]1OCCN[C@@H]1C(=O)NCC1(N(C)C)CCSC1.Cl.Cl. The Morgan fingerprint density at radius 2 is 2.19 bits per heavy atom. The van der Waals surface area contributed by atoms with Gasteiger partial charge < -0.3 is 20.3 Å². The van der Waals surface area contributed by atoms with Crippen LogP contribution in [0.2, 0.25) is 0 Å². The minimum atomic E-state index is -0.220. The Kier molecular flexibility index (Phi) is 9.55.